The Morgan fingerprint density at radius 1 is 0.593 bits per heavy atom. The number of aliphatic hydroxyl groups excluding tert-OH is 7. The predicted molar refractivity (Wildman–Crippen MR) is 233 cm³/mol. The number of hydrogen-bond acceptors (Lipinski definition) is 11. The van der Waals surface area contributed by atoms with Gasteiger partial charge in [-0.3, -0.25) is 13.8 Å². The molecule has 8 atom stereocenters. The van der Waals surface area contributed by atoms with Gasteiger partial charge in [0.25, 0.3) is 0 Å². The monoisotopic (exact) mass is 860 g/mol. The lowest BCUT2D eigenvalue weighted by molar-refractivity contribution is -0.220. The number of unbranched alkanes of at least 4 members (excludes halogenated alkanes) is 17. The van der Waals surface area contributed by atoms with Gasteiger partial charge in [0.05, 0.1) is 31.3 Å². The Labute approximate surface area is 355 Å². The third-order valence-corrected chi connectivity index (χ3v) is 11.6. The quantitative estimate of drug-likeness (QED) is 0.0174. The van der Waals surface area contributed by atoms with Crippen LogP contribution < -0.4 is 5.32 Å². The predicted octanol–water partition coefficient (Wildman–Crippen LogP) is 7.14. The van der Waals surface area contributed by atoms with Crippen molar-refractivity contribution in [1.82, 2.24) is 5.32 Å². The van der Waals surface area contributed by atoms with Crippen molar-refractivity contribution in [3.63, 3.8) is 0 Å². The Bertz CT molecular complexity index is 1200. The van der Waals surface area contributed by atoms with Gasteiger partial charge in [-0.2, -0.15) is 0 Å². The summed E-state index contributed by atoms with van der Waals surface area (Å²) in [7, 11) is -5.15. The molecule has 1 aliphatic carbocycles. The van der Waals surface area contributed by atoms with Gasteiger partial charge in [-0.05, 0) is 64.2 Å². The molecule has 0 spiro atoms. The molecule has 1 amide bonds. The highest BCUT2D eigenvalue weighted by atomic mass is 31.2. The fourth-order valence-corrected chi connectivity index (χ4v) is 7.81. The van der Waals surface area contributed by atoms with E-state index in [-0.39, 0.29) is 6.42 Å². The molecule has 0 bridgehead atoms. The van der Waals surface area contributed by atoms with Gasteiger partial charge in [0.2, 0.25) is 5.91 Å². The molecule has 0 aromatic rings. The molecule has 13 nitrogen and oxygen atoms in total. The molecule has 0 saturated heterocycles. The minimum atomic E-state index is -5.15. The molecule has 1 aliphatic rings. The number of hydrogen-bond donors (Lipinski definition) is 9. The zero-order valence-corrected chi connectivity index (χ0v) is 37.0. The number of phosphoric acid groups is 1. The number of rotatable bonds is 36. The van der Waals surface area contributed by atoms with Crippen LogP contribution in [0.5, 0.6) is 0 Å². The fourth-order valence-electron chi connectivity index (χ4n) is 6.84. The Hall–Kier alpha value is -1.74. The van der Waals surface area contributed by atoms with Gasteiger partial charge in [-0.1, -0.05) is 146 Å². The van der Waals surface area contributed by atoms with Gasteiger partial charge in [0, 0.05) is 0 Å². The number of phosphoric ester groups is 1. The molecule has 8 unspecified atom stereocenters. The van der Waals surface area contributed by atoms with E-state index >= 15 is 0 Å². The van der Waals surface area contributed by atoms with Gasteiger partial charge < -0.3 is 46.0 Å². The number of amides is 1. The summed E-state index contributed by atoms with van der Waals surface area (Å²) in [5.41, 5.74) is 0. The van der Waals surface area contributed by atoms with Crippen LogP contribution >= 0.6 is 7.82 Å². The standard InChI is InChI=1S/C45H82NO12P/c1-3-5-7-9-11-13-15-17-18-19-20-21-22-24-26-28-30-32-36(47)34-39(49)46-37(38(48)33-31-29-27-25-23-16-14-12-10-8-6-4-2)35-57-59(55,56)58-45-43(53)41(51)40(50)42(52)44(45)54/h10,12,19-20,23,25,31,33,36-38,40-45,47-48,50-54H,3-9,11,13-18,21-22,24,26-30,32,34-35H2,1-2H3,(H,46,49)(H,55,56)/b12-10+,20-19-,25-23+,33-31+. The van der Waals surface area contributed by atoms with Crippen LogP contribution in [-0.4, -0.2) is 108 Å². The summed E-state index contributed by atoms with van der Waals surface area (Å²) < 4.78 is 22.8. The van der Waals surface area contributed by atoms with Crippen molar-refractivity contribution in [2.24, 2.45) is 0 Å². The first kappa shape index (κ1) is 55.3. The molecule has 344 valence electrons. The first-order valence-corrected chi connectivity index (χ1v) is 24.2. The minimum Gasteiger partial charge on any atom is -0.393 e. The maximum absolute atomic E-state index is 13.0. The Morgan fingerprint density at radius 3 is 1.54 bits per heavy atom. The summed E-state index contributed by atoms with van der Waals surface area (Å²) in [6.45, 7) is 3.65. The number of carbonyl (C=O) groups excluding carboxylic acids is 1. The lowest BCUT2D eigenvalue weighted by Gasteiger charge is -2.41. The highest BCUT2D eigenvalue weighted by Crippen LogP contribution is 2.47. The largest absolute Gasteiger partial charge is 0.472 e. The van der Waals surface area contributed by atoms with E-state index in [0.717, 1.165) is 64.2 Å². The van der Waals surface area contributed by atoms with Crippen LogP contribution in [0.4, 0.5) is 0 Å². The van der Waals surface area contributed by atoms with E-state index in [1.54, 1.807) is 6.08 Å². The molecule has 1 rings (SSSR count). The molecular formula is C45H82NO12P. The van der Waals surface area contributed by atoms with Gasteiger partial charge in [-0.25, -0.2) is 4.57 Å². The van der Waals surface area contributed by atoms with Gasteiger partial charge in [0.1, 0.15) is 36.6 Å². The third kappa shape index (κ3) is 27.0. The molecule has 1 fully saturated rings. The van der Waals surface area contributed by atoms with Crippen LogP contribution in [-0.2, 0) is 18.4 Å². The smallest absolute Gasteiger partial charge is 0.393 e. The van der Waals surface area contributed by atoms with E-state index < -0.39 is 75.2 Å². The lowest BCUT2D eigenvalue weighted by Crippen LogP contribution is -2.64. The van der Waals surface area contributed by atoms with Crippen LogP contribution in [0.15, 0.2) is 48.6 Å². The van der Waals surface area contributed by atoms with E-state index in [1.165, 1.54) is 70.3 Å². The second-order valence-electron chi connectivity index (χ2n) is 16.1. The van der Waals surface area contributed by atoms with Gasteiger partial charge in [-0.15, -0.1) is 0 Å². The maximum Gasteiger partial charge on any atom is 0.472 e. The summed E-state index contributed by atoms with van der Waals surface area (Å²) in [5.74, 6) is -0.615. The normalized spacial score (nSPS) is 24.0. The van der Waals surface area contributed by atoms with Crippen molar-refractivity contribution in [1.29, 1.82) is 0 Å². The Kier molecular flexibility index (Phi) is 32.6. The first-order valence-electron chi connectivity index (χ1n) is 22.7. The highest BCUT2D eigenvalue weighted by molar-refractivity contribution is 7.47. The number of aliphatic hydroxyl groups is 7. The average Bonchev–Trinajstić information content (AvgIpc) is 3.21. The average molecular weight is 860 g/mol. The SMILES string of the molecule is CCCC/C=C/CC/C=C/CC/C=C/C(O)C(COP(=O)(O)OC1C(O)C(O)C(O)C(O)C1O)NC(=O)CC(O)CCCCCCC/C=C\CCCCCCCCCC. The van der Waals surface area contributed by atoms with Crippen molar-refractivity contribution >= 4 is 13.7 Å². The molecule has 0 aromatic carbocycles. The van der Waals surface area contributed by atoms with Crippen LogP contribution in [0, 0.1) is 0 Å². The maximum atomic E-state index is 13.0. The zero-order valence-electron chi connectivity index (χ0n) is 36.2. The Balaban J connectivity index is 2.57. The van der Waals surface area contributed by atoms with Crippen LogP contribution in [0.3, 0.4) is 0 Å². The molecule has 0 radical (unpaired) electrons. The molecule has 0 aromatic heterocycles. The second-order valence-corrected chi connectivity index (χ2v) is 17.5. The Morgan fingerprint density at radius 2 is 1.02 bits per heavy atom. The minimum absolute atomic E-state index is 0.263. The molecular weight excluding hydrogens is 777 g/mol. The van der Waals surface area contributed by atoms with E-state index in [2.05, 4.69) is 49.5 Å². The fraction of sp³-hybridized carbons (Fsp3) is 0.800. The molecule has 14 heteroatoms. The summed E-state index contributed by atoms with van der Waals surface area (Å²) in [6.07, 6.45) is 26.4. The van der Waals surface area contributed by atoms with E-state index in [4.69, 9.17) is 9.05 Å². The molecule has 0 heterocycles. The van der Waals surface area contributed by atoms with Crippen molar-refractivity contribution < 1.29 is 59.0 Å². The van der Waals surface area contributed by atoms with E-state index in [9.17, 15) is 50.0 Å². The van der Waals surface area contributed by atoms with Crippen molar-refractivity contribution in [2.45, 2.75) is 223 Å². The highest BCUT2D eigenvalue weighted by Gasteiger charge is 2.51. The summed E-state index contributed by atoms with van der Waals surface area (Å²) in [5, 5.41) is 74.3. The summed E-state index contributed by atoms with van der Waals surface area (Å²) in [4.78, 5) is 23.4. The molecule has 9 N–H and O–H groups in total. The lowest BCUT2D eigenvalue weighted by atomic mass is 9.85. The number of nitrogens with one attached hydrogen (secondary N) is 1. The number of carbonyl (C=O) groups is 1. The molecule has 59 heavy (non-hydrogen) atoms. The van der Waals surface area contributed by atoms with Gasteiger partial charge >= 0.3 is 7.82 Å². The van der Waals surface area contributed by atoms with Crippen molar-refractivity contribution in [3.8, 4) is 0 Å². The van der Waals surface area contributed by atoms with Crippen LogP contribution in [0.1, 0.15) is 168 Å². The third-order valence-electron chi connectivity index (χ3n) is 10.6. The number of allylic oxidation sites excluding steroid dienone is 7. The second kappa shape index (κ2) is 34.8. The van der Waals surface area contributed by atoms with Crippen molar-refractivity contribution in [2.75, 3.05) is 6.61 Å². The topological polar surface area (TPSA) is 226 Å². The first-order chi connectivity index (χ1) is 28.3. The van der Waals surface area contributed by atoms with Crippen molar-refractivity contribution in [3.05, 3.63) is 48.6 Å². The summed E-state index contributed by atoms with van der Waals surface area (Å²) >= 11 is 0. The van der Waals surface area contributed by atoms with Crippen LogP contribution in [0.25, 0.3) is 0 Å². The van der Waals surface area contributed by atoms with E-state index in [0.29, 0.717) is 19.3 Å². The molecule has 1 saturated carbocycles. The molecule has 0 aliphatic heterocycles. The zero-order chi connectivity index (χ0) is 43.7. The van der Waals surface area contributed by atoms with Crippen LogP contribution in [0.2, 0.25) is 0 Å². The van der Waals surface area contributed by atoms with E-state index in [1.807, 2.05) is 6.08 Å². The van der Waals surface area contributed by atoms with Gasteiger partial charge in [0.15, 0.2) is 0 Å². The summed E-state index contributed by atoms with van der Waals surface area (Å²) in [6, 6.07) is -1.27.